The second kappa shape index (κ2) is 7.92. The molecule has 4 heteroatoms. The van der Waals surface area contributed by atoms with E-state index >= 15 is 0 Å². The molecule has 1 amide bonds. The number of carbonyl (C=O) groups is 1. The van der Waals surface area contributed by atoms with E-state index in [1.165, 1.54) is 0 Å². The maximum Gasteiger partial charge on any atom is 0.238 e. The molecule has 0 aliphatic rings. The minimum absolute atomic E-state index is 0.0244. The molecule has 0 saturated heterocycles. The van der Waals surface area contributed by atoms with E-state index in [1.807, 2.05) is 24.3 Å². The standard InChI is InChI=1S/C15H25N3O/c1-4-8-18(12(2)3)11-15(19)17-14-7-5-6-13(9-14)10-16/h5-7,9,12H,4,8,10-11,16H2,1-3H3,(H,17,19). The van der Waals surface area contributed by atoms with Crippen LogP contribution in [0.15, 0.2) is 24.3 Å². The van der Waals surface area contributed by atoms with Crippen molar-refractivity contribution in [1.82, 2.24) is 4.90 Å². The molecule has 1 aromatic carbocycles. The van der Waals surface area contributed by atoms with Gasteiger partial charge in [0.2, 0.25) is 5.91 Å². The van der Waals surface area contributed by atoms with Crippen molar-refractivity contribution >= 4 is 11.6 Å². The zero-order chi connectivity index (χ0) is 14.3. The average molecular weight is 263 g/mol. The van der Waals surface area contributed by atoms with Crippen molar-refractivity contribution < 1.29 is 4.79 Å². The van der Waals surface area contributed by atoms with Gasteiger partial charge in [-0.25, -0.2) is 0 Å². The molecule has 0 fully saturated rings. The van der Waals surface area contributed by atoms with Gasteiger partial charge in [0.15, 0.2) is 0 Å². The maximum atomic E-state index is 12.0. The first-order chi connectivity index (χ1) is 9.06. The molecule has 106 valence electrons. The van der Waals surface area contributed by atoms with Crippen LogP contribution in [0.5, 0.6) is 0 Å². The van der Waals surface area contributed by atoms with Gasteiger partial charge in [-0.15, -0.1) is 0 Å². The van der Waals surface area contributed by atoms with Gasteiger partial charge >= 0.3 is 0 Å². The van der Waals surface area contributed by atoms with Gasteiger partial charge in [-0.1, -0.05) is 19.1 Å². The highest BCUT2D eigenvalue weighted by atomic mass is 16.2. The average Bonchev–Trinajstić information content (AvgIpc) is 2.38. The lowest BCUT2D eigenvalue weighted by Crippen LogP contribution is -2.38. The van der Waals surface area contributed by atoms with E-state index < -0.39 is 0 Å². The molecule has 1 rings (SSSR count). The minimum Gasteiger partial charge on any atom is -0.326 e. The van der Waals surface area contributed by atoms with Gasteiger partial charge in [0.25, 0.3) is 0 Å². The Morgan fingerprint density at radius 1 is 1.42 bits per heavy atom. The van der Waals surface area contributed by atoms with Crippen LogP contribution in [0, 0.1) is 0 Å². The van der Waals surface area contributed by atoms with Crippen molar-refractivity contribution in [2.24, 2.45) is 5.73 Å². The summed E-state index contributed by atoms with van der Waals surface area (Å²) in [4.78, 5) is 14.2. The fraction of sp³-hybridized carbons (Fsp3) is 0.533. The van der Waals surface area contributed by atoms with Crippen LogP contribution in [0.2, 0.25) is 0 Å². The van der Waals surface area contributed by atoms with Crippen molar-refractivity contribution in [3.8, 4) is 0 Å². The first-order valence-corrected chi connectivity index (χ1v) is 6.89. The molecule has 0 aliphatic heterocycles. The third-order valence-corrected chi connectivity index (χ3v) is 3.03. The SMILES string of the molecule is CCCN(CC(=O)Nc1cccc(CN)c1)C(C)C. The van der Waals surface area contributed by atoms with Crippen LogP contribution in [0.3, 0.4) is 0 Å². The van der Waals surface area contributed by atoms with Crippen LogP contribution >= 0.6 is 0 Å². The fourth-order valence-corrected chi connectivity index (χ4v) is 1.97. The third-order valence-electron chi connectivity index (χ3n) is 3.03. The highest BCUT2D eigenvalue weighted by molar-refractivity contribution is 5.92. The molecular weight excluding hydrogens is 238 g/mol. The first kappa shape index (κ1) is 15.7. The Balaban J connectivity index is 2.58. The summed E-state index contributed by atoms with van der Waals surface area (Å²) in [6, 6.07) is 8.03. The highest BCUT2D eigenvalue weighted by Crippen LogP contribution is 2.10. The van der Waals surface area contributed by atoms with Crippen molar-refractivity contribution in [3.05, 3.63) is 29.8 Å². The van der Waals surface area contributed by atoms with E-state index in [0.29, 0.717) is 19.1 Å². The number of benzene rings is 1. The molecule has 1 aromatic rings. The molecule has 4 nitrogen and oxygen atoms in total. The number of rotatable bonds is 7. The number of nitrogens with two attached hydrogens (primary N) is 1. The third kappa shape index (κ3) is 5.41. The van der Waals surface area contributed by atoms with E-state index in [4.69, 9.17) is 5.73 Å². The Labute approximate surface area is 116 Å². The Kier molecular flexibility index (Phi) is 6.53. The molecule has 0 heterocycles. The summed E-state index contributed by atoms with van der Waals surface area (Å²) in [7, 11) is 0. The normalized spacial score (nSPS) is 11.1. The zero-order valence-electron chi connectivity index (χ0n) is 12.1. The number of anilines is 1. The number of nitrogens with zero attached hydrogens (tertiary/aromatic N) is 1. The summed E-state index contributed by atoms with van der Waals surface area (Å²) in [5.41, 5.74) is 7.42. The van der Waals surface area contributed by atoms with Crippen LogP contribution in [-0.2, 0) is 11.3 Å². The second-order valence-electron chi connectivity index (χ2n) is 5.02. The molecule has 0 saturated carbocycles. The quantitative estimate of drug-likeness (QED) is 0.793. The van der Waals surface area contributed by atoms with Gasteiger partial charge < -0.3 is 11.1 Å². The van der Waals surface area contributed by atoms with Crippen LogP contribution in [0.4, 0.5) is 5.69 Å². The molecule has 0 aliphatic carbocycles. The Morgan fingerprint density at radius 2 is 2.16 bits per heavy atom. The maximum absolute atomic E-state index is 12.0. The monoisotopic (exact) mass is 263 g/mol. The lowest BCUT2D eigenvalue weighted by molar-refractivity contribution is -0.117. The first-order valence-electron chi connectivity index (χ1n) is 6.89. The molecular formula is C15H25N3O. The summed E-state index contributed by atoms with van der Waals surface area (Å²) < 4.78 is 0. The number of hydrogen-bond donors (Lipinski definition) is 2. The van der Waals surface area contributed by atoms with Gasteiger partial charge in [-0.05, 0) is 44.5 Å². The van der Waals surface area contributed by atoms with Crippen LogP contribution in [0.1, 0.15) is 32.8 Å². The lowest BCUT2D eigenvalue weighted by Gasteiger charge is -2.25. The van der Waals surface area contributed by atoms with Gasteiger partial charge in [0.05, 0.1) is 6.54 Å². The lowest BCUT2D eigenvalue weighted by atomic mass is 10.2. The van der Waals surface area contributed by atoms with E-state index in [9.17, 15) is 4.79 Å². The topological polar surface area (TPSA) is 58.4 Å². The van der Waals surface area contributed by atoms with Gasteiger partial charge in [-0.2, -0.15) is 0 Å². The zero-order valence-corrected chi connectivity index (χ0v) is 12.1. The van der Waals surface area contributed by atoms with Crippen molar-refractivity contribution in [3.63, 3.8) is 0 Å². The molecule has 0 aromatic heterocycles. The number of amides is 1. The van der Waals surface area contributed by atoms with Gasteiger partial charge in [0.1, 0.15) is 0 Å². The van der Waals surface area contributed by atoms with Gasteiger partial charge in [0, 0.05) is 18.3 Å². The minimum atomic E-state index is 0.0244. The number of hydrogen-bond acceptors (Lipinski definition) is 3. The van der Waals surface area contributed by atoms with Crippen LogP contribution in [-0.4, -0.2) is 29.9 Å². The van der Waals surface area contributed by atoms with Gasteiger partial charge in [-0.3, -0.25) is 9.69 Å². The molecule has 0 unspecified atom stereocenters. The van der Waals surface area contributed by atoms with Crippen molar-refractivity contribution in [1.29, 1.82) is 0 Å². The summed E-state index contributed by atoms with van der Waals surface area (Å²) in [6.45, 7) is 8.19. The summed E-state index contributed by atoms with van der Waals surface area (Å²) in [6.07, 6.45) is 1.05. The summed E-state index contributed by atoms with van der Waals surface area (Å²) in [5, 5.41) is 2.92. The van der Waals surface area contributed by atoms with Crippen LogP contribution in [0.25, 0.3) is 0 Å². The second-order valence-corrected chi connectivity index (χ2v) is 5.02. The molecule has 0 atom stereocenters. The fourth-order valence-electron chi connectivity index (χ4n) is 1.97. The van der Waals surface area contributed by atoms with Crippen molar-refractivity contribution in [2.75, 3.05) is 18.4 Å². The smallest absolute Gasteiger partial charge is 0.238 e. The Morgan fingerprint density at radius 3 is 2.74 bits per heavy atom. The molecule has 3 N–H and O–H groups in total. The number of nitrogens with one attached hydrogen (secondary N) is 1. The van der Waals surface area contributed by atoms with E-state index in [1.54, 1.807) is 0 Å². The van der Waals surface area contributed by atoms with E-state index in [-0.39, 0.29) is 5.91 Å². The molecule has 19 heavy (non-hydrogen) atoms. The Hall–Kier alpha value is -1.39. The summed E-state index contributed by atoms with van der Waals surface area (Å²) in [5.74, 6) is 0.0244. The highest BCUT2D eigenvalue weighted by Gasteiger charge is 2.13. The summed E-state index contributed by atoms with van der Waals surface area (Å²) >= 11 is 0. The van der Waals surface area contributed by atoms with E-state index in [2.05, 4.69) is 31.0 Å². The molecule has 0 radical (unpaired) electrons. The van der Waals surface area contributed by atoms with Crippen molar-refractivity contribution in [2.45, 2.75) is 39.8 Å². The predicted molar refractivity (Wildman–Crippen MR) is 80.0 cm³/mol. The predicted octanol–water partition coefficient (Wildman–Crippen LogP) is 2.20. The Bertz CT molecular complexity index is 404. The molecule has 0 bridgehead atoms. The molecule has 0 spiro atoms. The number of carbonyl (C=O) groups excluding carboxylic acids is 1. The van der Waals surface area contributed by atoms with Crippen LogP contribution < -0.4 is 11.1 Å². The van der Waals surface area contributed by atoms with E-state index in [0.717, 1.165) is 24.2 Å². The largest absolute Gasteiger partial charge is 0.326 e.